The smallest absolute Gasteiger partial charge is 0.0274 e. The minimum absolute atomic E-state index is 0.450. The van der Waals surface area contributed by atoms with E-state index in [0.29, 0.717) is 11.5 Å². The van der Waals surface area contributed by atoms with Gasteiger partial charge in [-0.3, -0.25) is 0 Å². The molecule has 1 aliphatic carbocycles. The van der Waals surface area contributed by atoms with E-state index in [1.807, 2.05) is 0 Å². The van der Waals surface area contributed by atoms with Gasteiger partial charge < -0.3 is 10.2 Å². The molecule has 0 bridgehead atoms. The Labute approximate surface area is 115 Å². The van der Waals surface area contributed by atoms with Crippen LogP contribution in [0.25, 0.3) is 0 Å². The van der Waals surface area contributed by atoms with E-state index in [1.54, 1.807) is 0 Å². The topological polar surface area (TPSA) is 15.3 Å². The summed E-state index contributed by atoms with van der Waals surface area (Å²) in [5, 5.41) is 3.80. The molecule has 108 valence electrons. The Bertz CT molecular complexity index is 235. The zero-order chi connectivity index (χ0) is 13.8. The van der Waals surface area contributed by atoms with E-state index in [2.05, 4.69) is 51.9 Å². The minimum atomic E-state index is 0.450. The fraction of sp³-hybridized carbons (Fsp3) is 1.00. The molecule has 0 heterocycles. The zero-order valence-corrected chi connectivity index (χ0v) is 13.4. The van der Waals surface area contributed by atoms with Crippen LogP contribution in [0.1, 0.15) is 60.3 Å². The van der Waals surface area contributed by atoms with Gasteiger partial charge in [0.1, 0.15) is 0 Å². The summed E-state index contributed by atoms with van der Waals surface area (Å²) in [5.41, 5.74) is 0.450. The van der Waals surface area contributed by atoms with E-state index in [0.717, 1.165) is 18.5 Å². The summed E-state index contributed by atoms with van der Waals surface area (Å²) in [6.07, 6.45) is 5.25. The molecule has 1 saturated carbocycles. The van der Waals surface area contributed by atoms with Crippen molar-refractivity contribution >= 4 is 0 Å². The number of rotatable bonds is 7. The summed E-state index contributed by atoms with van der Waals surface area (Å²) in [5.74, 6) is 0.809. The number of hydrogen-bond donors (Lipinski definition) is 1. The molecule has 0 aliphatic heterocycles. The van der Waals surface area contributed by atoms with Gasteiger partial charge in [-0.25, -0.2) is 0 Å². The second-order valence-corrected chi connectivity index (χ2v) is 7.19. The lowest BCUT2D eigenvalue weighted by Gasteiger charge is -2.36. The van der Waals surface area contributed by atoms with Gasteiger partial charge in [0.25, 0.3) is 0 Å². The quantitative estimate of drug-likeness (QED) is 0.748. The third-order valence-corrected chi connectivity index (χ3v) is 4.55. The van der Waals surface area contributed by atoms with E-state index in [4.69, 9.17) is 0 Å². The van der Waals surface area contributed by atoms with Crippen molar-refractivity contribution in [3.63, 3.8) is 0 Å². The van der Waals surface area contributed by atoms with Crippen LogP contribution in [0, 0.1) is 11.3 Å². The van der Waals surface area contributed by atoms with Crippen LogP contribution in [-0.4, -0.2) is 37.1 Å². The van der Waals surface area contributed by atoms with Crippen LogP contribution in [0.15, 0.2) is 0 Å². The maximum atomic E-state index is 3.80. The Morgan fingerprint density at radius 3 is 2.56 bits per heavy atom. The van der Waals surface area contributed by atoms with E-state index in [9.17, 15) is 0 Å². The van der Waals surface area contributed by atoms with Crippen molar-refractivity contribution in [2.24, 2.45) is 11.3 Å². The summed E-state index contributed by atoms with van der Waals surface area (Å²) < 4.78 is 0. The second-order valence-electron chi connectivity index (χ2n) is 7.19. The molecule has 1 rings (SSSR count). The average Bonchev–Trinajstić information content (AvgIpc) is 2.59. The summed E-state index contributed by atoms with van der Waals surface area (Å²) in [6, 6.07) is 1.39. The van der Waals surface area contributed by atoms with Gasteiger partial charge in [0, 0.05) is 12.1 Å². The molecule has 0 aromatic carbocycles. The maximum absolute atomic E-state index is 3.80. The first-order valence-electron chi connectivity index (χ1n) is 7.82. The van der Waals surface area contributed by atoms with Crippen molar-refractivity contribution in [3.8, 4) is 0 Å². The van der Waals surface area contributed by atoms with Crippen molar-refractivity contribution < 1.29 is 0 Å². The Balaban J connectivity index is 2.56. The number of hydrogen-bond acceptors (Lipinski definition) is 2. The molecule has 1 aliphatic rings. The van der Waals surface area contributed by atoms with Crippen molar-refractivity contribution in [2.45, 2.75) is 72.4 Å². The van der Waals surface area contributed by atoms with Crippen molar-refractivity contribution in [1.29, 1.82) is 0 Å². The molecule has 1 fully saturated rings. The number of likely N-dealkylation sites (N-methyl/N-ethyl adjacent to an activating group) is 1. The van der Waals surface area contributed by atoms with E-state index in [1.165, 1.54) is 32.2 Å². The van der Waals surface area contributed by atoms with Crippen LogP contribution < -0.4 is 5.32 Å². The Morgan fingerprint density at radius 2 is 2.00 bits per heavy atom. The lowest BCUT2D eigenvalue weighted by Crippen LogP contribution is -2.51. The number of nitrogens with zero attached hydrogens (tertiary/aromatic N) is 1. The van der Waals surface area contributed by atoms with Gasteiger partial charge in [-0.15, -0.1) is 0 Å². The largest absolute Gasteiger partial charge is 0.312 e. The molecule has 18 heavy (non-hydrogen) atoms. The summed E-state index contributed by atoms with van der Waals surface area (Å²) in [7, 11) is 2.31. The molecule has 0 radical (unpaired) electrons. The molecule has 0 aromatic rings. The molecule has 0 amide bonds. The van der Waals surface area contributed by atoms with Crippen LogP contribution in [-0.2, 0) is 0 Å². The first kappa shape index (κ1) is 16.0. The zero-order valence-electron chi connectivity index (χ0n) is 13.4. The lowest BCUT2D eigenvalue weighted by molar-refractivity contribution is 0.165. The molecule has 2 heteroatoms. The van der Waals surface area contributed by atoms with Crippen LogP contribution in [0.2, 0.25) is 0 Å². The summed E-state index contributed by atoms with van der Waals surface area (Å²) >= 11 is 0. The molecular formula is C16H34N2. The highest BCUT2D eigenvalue weighted by atomic mass is 15.2. The van der Waals surface area contributed by atoms with E-state index >= 15 is 0 Å². The lowest BCUT2D eigenvalue weighted by atomic mass is 9.86. The molecule has 0 aromatic heterocycles. The van der Waals surface area contributed by atoms with E-state index < -0.39 is 0 Å². The van der Waals surface area contributed by atoms with Crippen molar-refractivity contribution in [2.75, 3.05) is 20.1 Å². The van der Waals surface area contributed by atoms with Gasteiger partial charge in [-0.2, -0.15) is 0 Å². The fourth-order valence-corrected chi connectivity index (χ4v) is 3.18. The molecule has 2 unspecified atom stereocenters. The van der Waals surface area contributed by atoms with Gasteiger partial charge in [0.15, 0.2) is 0 Å². The molecule has 2 nitrogen and oxygen atoms in total. The van der Waals surface area contributed by atoms with Gasteiger partial charge >= 0.3 is 0 Å². The Morgan fingerprint density at radius 1 is 1.33 bits per heavy atom. The summed E-state index contributed by atoms with van der Waals surface area (Å²) in [6.45, 7) is 14.1. The van der Waals surface area contributed by atoms with Gasteiger partial charge in [0.2, 0.25) is 0 Å². The highest BCUT2D eigenvalue weighted by Gasteiger charge is 2.42. The monoisotopic (exact) mass is 254 g/mol. The van der Waals surface area contributed by atoms with Crippen LogP contribution in [0.5, 0.6) is 0 Å². The van der Waals surface area contributed by atoms with Gasteiger partial charge in [-0.05, 0) is 57.2 Å². The second kappa shape index (κ2) is 6.91. The summed E-state index contributed by atoms with van der Waals surface area (Å²) in [4.78, 5) is 2.60. The molecular weight excluding hydrogens is 220 g/mol. The first-order valence-corrected chi connectivity index (χ1v) is 7.82. The van der Waals surface area contributed by atoms with Crippen LogP contribution >= 0.6 is 0 Å². The van der Waals surface area contributed by atoms with Crippen molar-refractivity contribution in [1.82, 2.24) is 10.2 Å². The standard InChI is InChI=1S/C16H34N2/c1-7-11-17-15-14(8-10-16(15,4)5)18(6)12-9-13(2)3/h13-15,17H,7-12H2,1-6H3. The normalized spacial score (nSPS) is 27.3. The minimum Gasteiger partial charge on any atom is -0.312 e. The van der Waals surface area contributed by atoms with Gasteiger partial charge in [0.05, 0.1) is 0 Å². The Hall–Kier alpha value is -0.0800. The van der Waals surface area contributed by atoms with Crippen LogP contribution in [0.3, 0.4) is 0 Å². The van der Waals surface area contributed by atoms with E-state index in [-0.39, 0.29) is 0 Å². The van der Waals surface area contributed by atoms with Crippen LogP contribution in [0.4, 0.5) is 0 Å². The fourth-order valence-electron chi connectivity index (χ4n) is 3.18. The highest BCUT2D eigenvalue weighted by molar-refractivity contribution is 5.00. The molecule has 0 spiro atoms. The van der Waals surface area contributed by atoms with Crippen molar-refractivity contribution in [3.05, 3.63) is 0 Å². The molecule has 1 N–H and O–H groups in total. The predicted molar refractivity (Wildman–Crippen MR) is 81.0 cm³/mol. The SMILES string of the molecule is CCCNC1C(N(C)CCC(C)C)CCC1(C)C. The first-order chi connectivity index (χ1) is 8.38. The Kier molecular flexibility index (Phi) is 6.13. The third-order valence-electron chi connectivity index (χ3n) is 4.55. The molecule has 0 saturated heterocycles. The average molecular weight is 254 g/mol. The third kappa shape index (κ3) is 4.24. The molecule has 2 atom stereocenters. The highest BCUT2D eigenvalue weighted by Crippen LogP contribution is 2.39. The predicted octanol–water partition coefficient (Wildman–Crippen LogP) is 3.52. The van der Waals surface area contributed by atoms with Gasteiger partial charge in [-0.1, -0.05) is 34.6 Å². The maximum Gasteiger partial charge on any atom is 0.0274 e. The number of nitrogens with one attached hydrogen (secondary N) is 1.